The molecule has 0 spiro atoms. The molecule has 0 rings (SSSR count). The third-order valence-electron chi connectivity index (χ3n) is 5.49. The van der Waals surface area contributed by atoms with Crippen LogP contribution in [0.1, 0.15) is 130 Å². The van der Waals surface area contributed by atoms with Crippen molar-refractivity contribution in [3.05, 3.63) is 0 Å². The molecule has 0 saturated heterocycles. The van der Waals surface area contributed by atoms with Crippen LogP contribution in [0.2, 0.25) is 0 Å². The Bertz CT molecular complexity index is 328. The van der Waals surface area contributed by atoms with E-state index in [-0.39, 0.29) is 11.4 Å². The molecule has 0 amide bonds. The normalized spacial score (nSPS) is 11.7. The van der Waals surface area contributed by atoms with Crippen molar-refractivity contribution >= 4 is 18.6 Å². The smallest absolute Gasteiger partial charge is 0.311 e. The van der Waals surface area contributed by atoms with Gasteiger partial charge in [-0.15, -0.1) is 0 Å². The number of hydrogen-bond acceptors (Lipinski definition) is 3. The average Bonchev–Trinajstić information content (AvgIpc) is 2.65. The van der Waals surface area contributed by atoms with Gasteiger partial charge >= 0.3 is 5.97 Å². The van der Waals surface area contributed by atoms with Crippen LogP contribution in [0.5, 0.6) is 0 Å². The fourth-order valence-electron chi connectivity index (χ4n) is 3.44. The number of rotatable bonds is 20. The van der Waals surface area contributed by atoms with Crippen LogP contribution in [0.3, 0.4) is 0 Å². The van der Waals surface area contributed by atoms with Gasteiger partial charge in [0.05, 0.1) is 12.0 Å². The molecule has 0 heterocycles. The molecule has 2 nitrogen and oxygen atoms in total. The van der Waals surface area contributed by atoms with Crippen LogP contribution in [0.4, 0.5) is 0 Å². The van der Waals surface area contributed by atoms with E-state index in [1.807, 2.05) is 13.8 Å². The molecule has 0 aromatic rings. The van der Waals surface area contributed by atoms with Gasteiger partial charge in [-0.3, -0.25) is 4.79 Å². The van der Waals surface area contributed by atoms with Crippen molar-refractivity contribution in [2.75, 3.05) is 12.4 Å². The maximum atomic E-state index is 12.2. The van der Waals surface area contributed by atoms with E-state index < -0.39 is 0 Å². The Morgan fingerprint density at radius 1 is 0.704 bits per heavy atom. The van der Waals surface area contributed by atoms with Crippen molar-refractivity contribution < 1.29 is 9.53 Å². The minimum Gasteiger partial charge on any atom is -0.465 e. The zero-order valence-corrected chi connectivity index (χ0v) is 19.6. The summed E-state index contributed by atoms with van der Waals surface area (Å²) in [4.78, 5) is 12.2. The van der Waals surface area contributed by atoms with Crippen LogP contribution >= 0.6 is 12.6 Å². The van der Waals surface area contributed by atoms with E-state index in [9.17, 15) is 4.79 Å². The van der Waals surface area contributed by atoms with Crippen LogP contribution in [-0.4, -0.2) is 18.3 Å². The summed E-state index contributed by atoms with van der Waals surface area (Å²) < 4.78 is 5.41. The standard InChI is InChI=1S/C24H48O2S/c1-4-5-6-7-8-9-10-11-12-13-14-15-16-17-20-24(2,3)23(25)26-21-18-19-22-27/h27H,4-22H2,1-3H3. The van der Waals surface area contributed by atoms with Crippen LogP contribution < -0.4 is 0 Å². The minimum atomic E-state index is -0.335. The molecule has 0 fully saturated rings. The van der Waals surface area contributed by atoms with Crippen molar-refractivity contribution in [1.29, 1.82) is 0 Å². The molecular weight excluding hydrogens is 352 g/mol. The molecule has 0 radical (unpaired) electrons. The van der Waals surface area contributed by atoms with Crippen LogP contribution in [0.15, 0.2) is 0 Å². The monoisotopic (exact) mass is 400 g/mol. The second-order valence-corrected chi connectivity index (χ2v) is 9.24. The molecule has 0 atom stereocenters. The van der Waals surface area contributed by atoms with Gasteiger partial charge in [0.1, 0.15) is 0 Å². The summed E-state index contributed by atoms with van der Waals surface area (Å²) in [6.45, 7) is 6.87. The van der Waals surface area contributed by atoms with E-state index in [4.69, 9.17) is 4.74 Å². The van der Waals surface area contributed by atoms with Crippen LogP contribution in [-0.2, 0) is 9.53 Å². The molecule has 0 aliphatic carbocycles. The Hall–Kier alpha value is -0.180. The van der Waals surface area contributed by atoms with Gasteiger partial charge in [0.2, 0.25) is 0 Å². The molecule has 3 heteroatoms. The van der Waals surface area contributed by atoms with Crippen molar-refractivity contribution in [3.63, 3.8) is 0 Å². The van der Waals surface area contributed by atoms with E-state index >= 15 is 0 Å². The molecule has 0 unspecified atom stereocenters. The predicted octanol–water partition coefficient (Wildman–Crippen LogP) is 8.14. The minimum absolute atomic E-state index is 0.0311. The lowest BCUT2D eigenvalue weighted by atomic mass is 9.87. The molecule has 0 N–H and O–H groups in total. The number of thiol groups is 1. The van der Waals surface area contributed by atoms with Gasteiger partial charge in [0.15, 0.2) is 0 Å². The van der Waals surface area contributed by atoms with Gasteiger partial charge in [-0.05, 0) is 38.9 Å². The molecule has 0 aliphatic rings. The second-order valence-electron chi connectivity index (χ2n) is 8.80. The van der Waals surface area contributed by atoms with Crippen LogP contribution in [0, 0.1) is 5.41 Å². The molecule has 27 heavy (non-hydrogen) atoms. The first kappa shape index (κ1) is 26.8. The maximum Gasteiger partial charge on any atom is 0.311 e. The molecule has 0 aromatic heterocycles. The first-order chi connectivity index (χ1) is 13.0. The Balaban J connectivity index is 3.40. The largest absolute Gasteiger partial charge is 0.465 e. The molecule has 0 aliphatic heterocycles. The van der Waals surface area contributed by atoms with Gasteiger partial charge < -0.3 is 4.74 Å². The second kappa shape index (κ2) is 19.2. The highest BCUT2D eigenvalue weighted by Gasteiger charge is 2.28. The highest BCUT2D eigenvalue weighted by atomic mass is 32.1. The van der Waals surface area contributed by atoms with Gasteiger partial charge in [-0.25, -0.2) is 0 Å². The maximum absolute atomic E-state index is 12.2. The summed E-state index contributed by atoms with van der Waals surface area (Å²) in [6.07, 6.45) is 22.0. The van der Waals surface area contributed by atoms with E-state index in [0.29, 0.717) is 6.61 Å². The molecule has 0 aromatic carbocycles. The highest BCUT2D eigenvalue weighted by molar-refractivity contribution is 7.80. The summed E-state index contributed by atoms with van der Waals surface area (Å²) in [5, 5.41) is 0. The van der Waals surface area contributed by atoms with Gasteiger partial charge in [0, 0.05) is 0 Å². The number of hydrogen-bond donors (Lipinski definition) is 1. The third-order valence-corrected chi connectivity index (χ3v) is 5.81. The lowest BCUT2D eigenvalue weighted by Gasteiger charge is -2.22. The topological polar surface area (TPSA) is 26.3 Å². The molecule has 0 bridgehead atoms. The van der Waals surface area contributed by atoms with E-state index in [1.54, 1.807) is 0 Å². The molecule has 0 saturated carbocycles. The number of ether oxygens (including phenoxy) is 1. The molecular formula is C24H48O2S. The quantitative estimate of drug-likeness (QED) is 0.127. The SMILES string of the molecule is CCCCCCCCCCCCCCCCC(C)(C)C(=O)OCCCCS. The summed E-state index contributed by atoms with van der Waals surface area (Å²) in [6, 6.07) is 0. The fourth-order valence-corrected chi connectivity index (χ4v) is 3.66. The number of carbonyl (C=O) groups excluding carboxylic acids is 1. The lowest BCUT2D eigenvalue weighted by Crippen LogP contribution is -2.27. The van der Waals surface area contributed by atoms with E-state index in [2.05, 4.69) is 19.6 Å². The number of unbranched alkanes of at least 4 members (excludes halogenated alkanes) is 14. The zero-order valence-electron chi connectivity index (χ0n) is 18.7. The van der Waals surface area contributed by atoms with Crippen molar-refractivity contribution in [2.45, 2.75) is 130 Å². The van der Waals surface area contributed by atoms with Gasteiger partial charge in [-0.1, -0.05) is 96.8 Å². The fraction of sp³-hybridized carbons (Fsp3) is 0.958. The van der Waals surface area contributed by atoms with Gasteiger partial charge in [-0.2, -0.15) is 12.6 Å². The highest BCUT2D eigenvalue weighted by Crippen LogP contribution is 2.26. The van der Waals surface area contributed by atoms with Crippen molar-refractivity contribution in [1.82, 2.24) is 0 Å². The Kier molecular flexibility index (Phi) is 19.0. The number of esters is 1. The van der Waals surface area contributed by atoms with Crippen molar-refractivity contribution in [2.24, 2.45) is 5.41 Å². The average molecular weight is 401 g/mol. The lowest BCUT2D eigenvalue weighted by molar-refractivity contribution is -0.154. The van der Waals surface area contributed by atoms with Gasteiger partial charge in [0.25, 0.3) is 0 Å². The van der Waals surface area contributed by atoms with E-state index in [1.165, 1.54) is 83.5 Å². The molecule has 162 valence electrons. The number of carbonyl (C=O) groups is 1. The predicted molar refractivity (Wildman–Crippen MR) is 123 cm³/mol. The Labute approximate surface area is 176 Å². The Morgan fingerprint density at radius 3 is 1.59 bits per heavy atom. The first-order valence-electron chi connectivity index (χ1n) is 11.8. The van der Waals surface area contributed by atoms with E-state index in [0.717, 1.165) is 31.4 Å². The summed E-state index contributed by atoms with van der Waals surface area (Å²) in [7, 11) is 0. The summed E-state index contributed by atoms with van der Waals surface area (Å²) in [5.74, 6) is 0.830. The first-order valence-corrected chi connectivity index (χ1v) is 12.5. The third kappa shape index (κ3) is 17.6. The van der Waals surface area contributed by atoms with Crippen LogP contribution in [0.25, 0.3) is 0 Å². The summed E-state index contributed by atoms with van der Waals surface area (Å²) in [5.41, 5.74) is -0.335. The van der Waals surface area contributed by atoms with Crippen molar-refractivity contribution in [3.8, 4) is 0 Å². The zero-order chi connectivity index (χ0) is 20.2. The summed E-state index contributed by atoms with van der Waals surface area (Å²) >= 11 is 4.18. The Morgan fingerprint density at radius 2 is 1.15 bits per heavy atom.